The van der Waals surface area contributed by atoms with Crippen LogP contribution in [0.2, 0.25) is 0 Å². The Morgan fingerprint density at radius 1 is 1.13 bits per heavy atom. The third-order valence-corrected chi connectivity index (χ3v) is 5.36. The van der Waals surface area contributed by atoms with Crippen molar-refractivity contribution in [3.05, 3.63) is 60.7 Å². The number of benzene rings is 1. The molecule has 4 rings (SSSR count). The van der Waals surface area contributed by atoms with E-state index in [1.54, 1.807) is 23.2 Å². The molecule has 1 fully saturated rings. The van der Waals surface area contributed by atoms with Gasteiger partial charge in [0.2, 0.25) is 5.91 Å². The molecule has 1 N–H and O–H groups in total. The summed E-state index contributed by atoms with van der Waals surface area (Å²) in [4.78, 5) is 30.8. The lowest BCUT2D eigenvalue weighted by Gasteiger charge is -2.30. The molecule has 0 bridgehead atoms. The Hall–Kier alpha value is -3.35. The zero-order valence-electron chi connectivity index (χ0n) is 16.8. The fourth-order valence-corrected chi connectivity index (χ4v) is 3.70. The number of para-hydroxylation sites is 1. The van der Waals surface area contributed by atoms with Gasteiger partial charge in [0, 0.05) is 37.1 Å². The van der Waals surface area contributed by atoms with Gasteiger partial charge in [-0.2, -0.15) is 0 Å². The van der Waals surface area contributed by atoms with E-state index in [1.165, 1.54) is 6.26 Å². The summed E-state index contributed by atoms with van der Waals surface area (Å²) >= 11 is 0. The van der Waals surface area contributed by atoms with E-state index in [-0.39, 0.29) is 17.7 Å². The van der Waals surface area contributed by atoms with E-state index in [0.717, 1.165) is 16.7 Å². The number of piperidine rings is 1. The Kier molecular flexibility index (Phi) is 6.27. The van der Waals surface area contributed by atoms with Gasteiger partial charge in [-0.3, -0.25) is 14.6 Å². The minimum absolute atomic E-state index is 0.0481. The molecule has 7 heteroatoms. The molecular formula is C23H25N3O4. The number of rotatable bonds is 7. The molecule has 0 atom stereocenters. The average molecular weight is 407 g/mol. The summed E-state index contributed by atoms with van der Waals surface area (Å²) in [5, 5.41) is 4.03. The highest BCUT2D eigenvalue weighted by molar-refractivity contribution is 5.91. The molecule has 30 heavy (non-hydrogen) atoms. The Morgan fingerprint density at radius 2 is 1.97 bits per heavy atom. The third-order valence-electron chi connectivity index (χ3n) is 5.36. The van der Waals surface area contributed by atoms with E-state index in [1.807, 2.05) is 30.3 Å². The molecule has 2 amide bonds. The first-order chi connectivity index (χ1) is 14.7. The van der Waals surface area contributed by atoms with Crippen LogP contribution in [0.25, 0.3) is 10.9 Å². The van der Waals surface area contributed by atoms with Crippen LogP contribution in [0.15, 0.2) is 59.3 Å². The molecule has 7 nitrogen and oxygen atoms in total. The smallest absolute Gasteiger partial charge is 0.289 e. The van der Waals surface area contributed by atoms with Gasteiger partial charge in [0.15, 0.2) is 5.76 Å². The van der Waals surface area contributed by atoms with Crippen LogP contribution in [-0.4, -0.2) is 47.9 Å². The third kappa shape index (κ3) is 4.62. The fraction of sp³-hybridized carbons (Fsp3) is 0.348. The van der Waals surface area contributed by atoms with Gasteiger partial charge in [-0.15, -0.1) is 0 Å². The van der Waals surface area contributed by atoms with Crippen molar-refractivity contribution in [3.8, 4) is 5.75 Å². The van der Waals surface area contributed by atoms with Crippen molar-refractivity contribution >= 4 is 22.7 Å². The number of fused-ring (bicyclic) bond motifs is 1. The zero-order chi connectivity index (χ0) is 20.8. The average Bonchev–Trinajstić information content (AvgIpc) is 3.33. The molecule has 0 spiro atoms. The molecule has 0 saturated carbocycles. The Balaban J connectivity index is 1.16. The van der Waals surface area contributed by atoms with Gasteiger partial charge < -0.3 is 19.4 Å². The number of carbonyl (C=O) groups is 2. The maximum absolute atomic E-state index is 12.4. The highest BCUT2D eigenvalue weighted by Gasteiger charge is 2.28. The minimum Gasteiger partial charge on any atom is -0.491 e. The lowest BCUT2D eigenvalue weighted by Crippen LogP contribution is -2.43. The number of likely N-dealkylation sites (tertiary alicyclic amines) is 1. The van der Waals surface area contributed by atoms with Gasteiger partial charge in [-0.05, 0) is 43.5 Å². The second kappa shape index (κ2) is 9.43. The lowest BCUT2D eigenvalue weighted by molar-refractivity contribution is -0.126. The number of aromatic nitrogens is 1. The van der Waals surface area contributed by atoms with Crippen molar-refractivity contribution in [2.24, 2.45) is 5.92 Å². The molecule has 3 heterocycles. The highest BCUT2D eigenvalue weighted by Crippen LogP contribution is 2.23. The standard InChI is InChI=1S/C23H25N3O4/c27-22(18-9-13-26(14-10-18)23(28)20-8-3-15-30-20)25-12-4-16-29-19-7-1-5-17-6-2-11-24-21(17)19/h1-3,5-8,11,15,18H,4,9-10,12-14,16H2,(H,25,27). The molecule has 0 aliphatic carbocycles. The second-order valence-electron chi connectivity index (χ2n) is 7.37. The predicted molar refractivity (Wildman–Crippen MR) is 112 cm³/mol. The second-order valence-corrected chi connectivity index (χ2v) is 7.37. The van der Waals surface area contributed by atoms with Crippen molar-refractivity contribution < 1.29 is 18.7 Å². The first-order valence-electron chi connectivity index (χ1n) is 10.3. The molecule has 1 aromatic carbocycles. The number of nitrogens with one attached hydrogen (secondary N) is 1. The topological polar surface area (TPSA) is 84.7 Å². The first-order valence-corrected chi connectivity index (χ1v) is 10.3. The van der Waals surface area contributed by atoms with Crippen LogP contribution in [0, 0.1) is 5.92 Å². The molecule has 1 aliphatic rings. The number of nitrogens with zero attached hydrogens (tertiary/aromatic N) is 2. The van der Waals surface area contributed by atoms with E-state index in [2.05, 4.69) is 10.3 Å². The van der Waals surface area contributed by atoms with Crippen molar-refractivity contribution in [1.29, 1.82) is 0 Å². The van der Waals surface area contributed by atoms with E-state index < -0.39 is 0 Å². The van der Waals surface area contributed by atoms with Crippen molar-refractivity contribution in [2.75, 3.05) is 26.2 Å². The molecule has 1 saturated heterocycles. The number of hydrogen-bond donors (Lipinski definition) is 1. The minimum atomic E-state index is -0.112. The first kappa shape index (κ1) is 19.9. The van der Waals surface area contributed by atoms with Crippen molar-refractivity contribution in [2.45, 2.75) is 19.3 Å². The normalized spacial score (nSPS) is 14.6. The highest BCUT2D eigenvalue weighted by atomic mass is 16.5. The van der Waals surface area contributed by atoms with E-state index >= 15 is 0 Å². The molecular weight excluding hydrogens is 382 g/mol. The summed E-state index contributed by atoms with van der Waals surface area (Å²) in [7, 11) is 0. The molecule has 0 unspecified atom stereocenters. The molecule has 0 radical (unpaired) electrons. The summed E-state index contributed by atoms with van der Waals surface area (Å²) in [5.74, 6) is 0.979. The van der Waals surface area contributed by atoms with E-state index in [9.17, 15) is 9.59 Å². The predicted octanol–water partition coefficient (Wildman–Crippen LogP) is 3.27. The fourth-order valence-electron chi connectivity index (χ4n) is 3.70. The Labute approximate surface area is 175 Å². The number of carbonyl (C=O) groups excluding carboxylic acids is 2. The maximum atomic E-state index is 12.4. The van der Waals surface area contributed by atoms with Gasteiger partial charge >= 0.3 is 0 Å². The van der Waals surface area contributed by atoms with Crippen molar-refractivity contribution in [3.63, 3.8) is 0 Å². The summed E-state index contributed by atoms with van der Waals surface area (Å²) in [6.07, 6.45) is 5.29. The van der Waals surface area contributed by atoms with Crippen LogP contribution in [0.1, 0.15) is 29.8 Å². The van der Waals surface area contributed by atoms with Crippen LogP contribution >= 0.6 is 0 Å². The molecule has 3 aromatic rings. The summed E-state index contributed by atoms with van der Waals surface area (Å²) in [6.45, 7) is 2.19. The van der Waals surface area contributed by atoms with Crippen molar-refractivity contribution in [1.82, 2.24) is 15.2 Å². The van der Waals surface area contributed by atoms with Gasteiger partial charge in [-0.1, -0.05) is 18.2 Å². The molecule has 1 aliphatic heterocycles. The number of furan rings is 1. The Morgan fingerprint density at radius 3 is 2.77 bits per heavy atom. The SMILES string of the molecule is O=C(NCCCOc1cccc2cccnc12)C1CCN(C(=O)c2ccco2)CC1. The number of hydrogen-bond acceptors (Lipinski definition) is 5. The molecule has 2 aromatic heterocycles. The Bertz CT molecular complexity index is 989. The molecule has 156 valence electrons. The van der Waals surface area contributed by atoms with E-state index in [0.29, 0.717) is 51.3 Å². The lowest BCUT2D eigenvalue weighted by atomic mass is 9.95. The van der Waals surface area contributed by atoms with Crippen LogP contribution in [0.4, 0.5) is 0 Å². The van der Waals surface area contributed by atoms with Gasteiger partial charge in [0.1, 0.15) is 11.3 Å². The summed E-state index contributed by atoms with van der Waals surface area (Å²) in [6, 6.07) is 13.1. The van der Waals surface area contributed by atoms with E-state index in [4.69, 9.17) is 9.15 Å². The van der Waals surface area contributed by atoms with Crippen LogP contribution in [0.5, 0.6) is 5.75 Å². The van der Waals surface area contributed by atoms with Gasteiger partial charge in [0.05, 0.1) is 12.9 Å². The largest absolute Gasteiger partial charge is 0.491 e. The van der Waals surface area contributed by atoms with Crippen LogP contribution in [0.3, 0.4) is 0 Å². The monoisotopic (exact) mass is 407 g/mol. The van der Waals surface area contributed by atoms with Gasteiger partial charge in [-0.25, -0.2) is 0 Å². The summed E-state index contributed by atoms with van der Waals surface area (Å²) < 4.78 is 11.0. The maximum Gasteiger partial charge on any atom is 0.289 e. The van der Waals surface area contributed by atoms with Gasteiger partial charge in [0.25, 0.3) is 5.91 Å². The summed E-state index contributed by atoms with van der Waals surface area (Å²) in [5.41, 5.74) is 0.847. The number of pyridine rings is 1. The quantitative estimate of drug-likeness (QED) is 0.608. The number of ether oxygens (including phenoxy) is 1. The number of amides is 2. The zero-order valence-corrected chi connectivity index (χ0v) is 16.8. The van der Waals surface area contributed by atoms with Crippen LogP contribution in [-0.2, 0) is 4.79 Å². The van der Waals surface area contributed by atoms with Crippen LogP contribution < -0.4 is 10.1 Å².